The molecule has 0 fully saturated rings. The summed E-state index contributed by atoms with van der Waals surface area (Å²) in [6, 6.07) is 1.81. The van der Waals surface area contributed by atoms with Gasteiger partial charge in [-0.1, -0.05) is 74.9 Å². The van der Waals surface area contributed by atoms with Crippen LogP contribution in [0.2, 0.25) is 25.7 Å². The van der Waals surface area contributed by atoms with Crippen LogP contribution >= 0.6 is 0 Å². The van der Waals surface area contributed by atoms with E-state index in [0.717, 1.165) is 11.6 Å². The first-order valence-electron chi connectivity index (χ1n) is 19.3. The van der Waals surface area contributed by atoms with Gasteiger partial charge in [-0.25, -0.2) is 28.8 Å². The fraction of sp³-hybridized carbons (Fsp3) is 0.526. The highest BCUT2D eigenvalue weighted by Gasteiger charge is 2.27. The molecule has 8 amide bonds. The van der Waals surface area contributed by atoms with Gasteiger partial charge in [0.2, 0.25) is 0 Å². The molecule has 1 aromatic rings. The number of ether oxygens (including phenoxy) is 5. The van der Waals surface area contributed by atoms with Crippen LogP contribution in [0.4, 0.5) is 28.8 Å². The van der Waals surface area contributed by atoms with Gasteiger partial charge in [-0.3, -0.25) is 0 Å². The molecule has 0 aliphatic carbocycles. The van der Waals surface area contributed by atoms with Gasteiger partial charge in [0, 0.05) is 57.8 Å². The lowest BCUT2D eigenvalue weighted by Crippen LogP contribution is -2.57. The molecule has 0 saturated carbocycles. The first-order valence-corrected chi connectivity index (χ1v) is 23.0. The van der Waals surface area contributed by atoms with Crippen molar-refractivity contribution in [3.63, 3.8) is 0 Å². The second-order valence-electron chi connectivity index (χ2n) is 14.3. The van der Waals surface area contributed by atoms with Crippen LogP contribution in [0.15, 0.2) is 61.3 Å². The Morgan fingerprint density at radius 1 is 0.770 bits per heavy atom. The number of alkyl carbamates (subject to hydrolysis) is 4. The number of hydrogen-bond acceptors (Lipinski definition) is 12. The fourth-order valence-corrected chi connectivity index (χ4v) is 5.59. The highest BCUT2D eigenvalue weighted by molar-refractivity contribution is 6.76. The third kappa shape index (κ3) is 24.2. The summed E-state index contributed by atoms with van der Waals surface area (Å²) in [5.74, 6) is 0.466. The maximum atomic E-state index is 14.1. The van der Waals surface area contributed by atoms with Crippen LogP contribution in [0.3, 0.4) is 0 Å². The molecule has 0 aliphatic heterocycles. The number of benzene rings is 1. The Bertz CT molecular complexity index is 1670. The zero-order valence-electron chi connectivity index (χ0n) is 35.6. The lowest BCUT2D eigenvalue weighted by Gasteiger charge is -2.32. The Hall–Kier alpha value is -6.61. The summed E-state index contributed by atoms with van der Waals surface area (Å²) in [6.07, 6.45) is 0.945. The molecular weight excluding hydrogens is 815 g/mol. The third-order valence-electron chi connectivity index (χ3n) is 8.06. The van der Waals surface area contributed by atoms with Crippen molar-refractivity contribution < 1.29 is 52.5 Å². The van der Waals surface area contributed by atoms with Crippen LogP contribution in [0.25, 0.3) is 10.4 Å². The summed E-state index contributed by atoms with van der Waals surface area (Å²) in [4.78, 5) is 80.9. The van der Waals surface area contributed by atoms with Gasteiger partial charge < -0.3 is 65.8 Å². The molecule has 0 bridgehead atoms. The predicted molar refractivity (Wildman–Crippen MR) is 230 cm³/mol. The second-order valence-corrected chi connectivity index (χ2v) is 20.0. The predicted octanol–water partition coefficient (Wildman–Crippen LogP) is 4.03. The van der Waals surface area contributed by atoms with Gasteiger partial charge >= 0.3 is 36.4 Å². The zero-order valence-corrected chi connectivity index (χ0v) is 36.6. The Morgan fingerprint density at radius 3 is 1.82 bits per heavy atom. The van der Waals surface area contributed by atoms with E-state index in [1.807, 2.05) is 13.0 Å². The van der Waals surface area contributed by atoms with Crippen LogP contribution in [0, 0.1) is 6.92 Å². The summed E-state index contributed by atoms with van der Waals surface area (Å²) < 4.78 is 25.8. The first-order chi connectivity index (χ1) is 29.0. The molecular formula is C38H61N11O11Si. The topological polar surface area (TPSA) is 285 Å². The minimum atomic E-state index is -1.51. The minimum absolute atomic E-state index is 0.0512. The van der Waals surface area contributed by atoms with E-state index in [-0.39, 0.29) is 72.2 Å². The number of rotatable bonds is 27. The molecule has 0 unspecified atom stereocenters. The standard InChI is InChI=1S/C38H61N11O11Si/c1-9-14-57-35(52)42-22-29(46-33(50)40-20-30(23-43-36(53)58-15-10-2)47-38(55)60-17-18-61(6,7)8)21-41-34(51)49(26-28-13-12-27(4)19-32(28)56-5)31(25-45-48-39)24-44-37(54)59-16-11-3/h9-13,19,29-31H,1-3,14-18,20-26H2,4-8H3,(H,41,51)(H,42,52)(H,43,53)(H,44,54)(H,47,55)(H2,40,46,50)/t29-,30-,31+/m1/s1. The number of nitrogens with one attached hydrogen (secondary N) is 7. The monoisotopic (exact) mass is 875 g/mol. The highest BCUT2D eigenvalue weighted by atomic mass is 28.3. The molecule has 0 radical (unpaired) electrons. The van der Waals surface area contributed by atoms with Crippen molar-refractivity contribution in [3.8, 4) is 5.75 Å². The number of hydrogen-bond donors (Lipinski definition) is 7. The van der Waals surface area contributed by atoms with Gasteiger partial charge in [0.15, 0.2) is 0 Å². The number of methoxy groups -OCH3 is 1. The number of carbonyl (C=O) groups excluding carboxylic acids is 6. The molecule has 0 saturated heterocycles. The molecule has 61 heavy (non-hydrogen) atoms. The first kappa shape index (κ1) is 52.4. The molecule has 0 aromatic heterocycles. The van der Waals surface area contributed by atoms with E-state index < -0.39 is 62.6 Å². The van der Waals surface area contributed by atoms with Gasteiger partial charge in [-0.15, -0.1) is 0 Å². The van der Waals surface area contributed by atoms with Crippen LogP contribution in [-0.4, -0.2) is 140 Å². The highest BCUT2D eigenvalue weighted by Crippen LogP contribution is 2.23. The number of aryl methyl sites for hydroxylation is 1. The normalized spacial score (nSPS) is 11.9. The molecule has 0 heterocycles. The molecule has 1 aromatic carbocycles. The van der Waals surface area contributed by atoms with Crippen LogP contribution < -0.4 is 42.0 Å². The second kappa shape index (κ2) is 29.6. The smallest absolute Gasteiger partial charge is 0.407 e. The molecule has 7 N–H and O–H groups in total. The number of urea groups is 2. The van der Waals surface area contributed by atoms with Crippen molar-refractivity contribution in [1.29, 1.82) is 0 Å². The van der Waals surface area contributed by atoms with E-state index in [1.165, 1.54) is 30.2 Å². The van der Waals surface area contributed by atoms with E-state index in [0.29, 0.717) is 11.3 Å². The lowest BCUT2D eigenvalue weighted by molar-refractivity contribution is 0.143. The lowest BCUT2D eigenvalue weighted by atomic mass is 10.1. The van der Waals surface area contributed by atoms with E-state index in [9.17, 15) is 28.8 Å². The summed E-state index contributed by atoms with van der Waals surface area (Å²) in [6.45, 7) is 17.3. The van der Waals surface area contributed by atoms with E-state index in [4.69, 9.17) is 29.2 Å². The van der Waals surface area contributed by atoms with Gasteiger partial charge in [-0.2, -0.15) is 0 Å². The Kier molecular flexibility index (Phi) is 25.4. The molecule has 1 rings (SSSR count). The van der Waals surface area contributed by atoms with Crippen molar-refractivity contribution in [2.24, 2.45) is 5.11 Å². The third-order valence-corrected chi connectivity index (χ3v) is 9.76. The molecule has 0 aliphatic rings. The molecule has 23 heteroatoms. The summed E-state index contributed by atoms with van der Waals surface area (Å²) in [7, 11) is -0.0334. The van der Waals surface area contributed by atoms with E-state index >= 15 is 0 Å². The minimum Gasteiger partial charge on any atom is -0.496 e. The van der Waals surface area contributed by atoms with Crippen molar-refractivity contribution in [2.45, 2.75) is 57.3 Å². The van der Waals surface area contributed by atoms with Gasteiger partial charge in [0.1, 0.15) is 25.6 Å². The number of carbonyl (C=O) groups is 6. The summed E-state index contributed by atoms with van der Waals surface area (Å²) in [5, 5.41) is 21.9. The maximum absolute atomic E-state index is 14.1. The van der Waals surface area contributed by atoms with E-state index in [2.05, 4.69) is 86.6 Å². The van der Waals surface area contributed by atoms with Gasteiger partial charge in [0.05, 0.1) is 38.4 Å². The van der Waals surface area contributed by atoms with Crippen LogP contribution in [0.5, 0.6) is 5.75 Å². The Morgan fingerprint density at radius 2 is 1.30 bits per heavy atom. The van der Waals surface area contributed by atoms with Crippen molar-refractivity contribution in [2.75, 3.05) is 72.8 Å². The summed E-state index contributed by atoms with van der Waals surface area (Å²) in [5.41, 5.74) is 10.6. The van der Waals surface area contributed by atoms with Crippen LogP contribution in [-0.2, 0) is 25.5 Å². The largest absolute Gasteiger partial charge is 0.496 e. The average Bonchev–Trinajstić information content (AvgIpc) is 3.22. The quantitative estimate of drug-likeness (QED) is 0.0165. The zero-order chi connectivity index (χ0) is 45.6. The number of azide groups is 1. The van der Waals surface area contributed by atoms with E-state index in [1.54, 1.807) is 12.1 Å². The SMILES string of the molecule is C=CCOC(=O)NC[C@@H](CNC(=O)N(Cc1ccc(C)cc1OC)[C@H](CN=[N+]=[N-])CNC(=O)OCC=C)NC(=O)NC[C@H](CNC(=O)OCC=C)NC(=O)OCC[Si](C)(C)C. The Balaban J connectivity index is 3.31. The maximum Gasteiger partial charge on any atom is 0.407 e. The number of nitrogens with zero attached hydrogens (tertiary/aromatic N) is 4. The van der Waals surface area contributed by atoms with Gasteiger partial charge in [-0.05, 0) is 30.1 Å². The summed E-state index contributed by atoms with van der Waals surface area (Å²) >= 11 is 0. The molecule has 338 valence electrons. The Labute approximate surface area is 357 Å². The van der Waals surface area contributed by atoms with Crippen molar-refractivity contribution in [3.05, 3.63) is 77.7 Å². The molecule has 22 nitrogen and oxygen atoms in total. The fourth-order valence-electron chi connectivity index (χ4n) is 4.88. The molecule has 0 spiro atoms. The van der Waals surface area contributed by atoms with Crippen LogP contribution in [0.1, 0.15) is 11.1 Å². The van der Waals surface area contributed by atoms with Crippen molar-refractivity contribution in [1.82, 2.24) is 42.1 Å². The molecule has 3 atom stereocenters. The van der Waals surface area contributed by atoms with Gasteiger partial charge in [0.25, 0.3) is 0 Å². The van der Waals surface area contributed by atoms with Crippen molar-refractivity contribution >= 4 is 44.5 Å². The average molecular weight is 876 g/mol. The number of amides is 8.